The quantitative estimate of drug-likeness (QED) is 0.465. The van der Waals surface area contributed by atoms with Crippen LogP contribution in [-0.4, -0.2) is 47.2 Å². The van der Waals surface area contributed by atoms with Crippen LogP contribution in [-0.2, 0) is 6.54 Å². The van der Waals surface area contributed by atoms with Gasteiger partial charge in [0, 0.05) is 32.7 Å². The van der Waals surface area contributed by atoms with E-state index in [9.17, 15) is 4.79 Å². The standard InChI is InChI=1S/C26H23N5O3/c27-17-19-8-10-21(11-9-19)33-22-5-3-4-20(16-22)18-30-12-14-31(15-13-30)26(32)28-25-23-6-1-2-7-24(23)34-29-25/h1-11,16H,12-15,18H2,(H,28,29,32). The fourth-order valence-corrected chi connectivity index (χ4v) is 3.96. The molecule has 1 fully saturated rings. The van der Waals surface area contributed by atoms with Crippen LogP contribution in [0.3, 0.4) is 0 Å². The lowest BCUT2D eigenvalue weighted by molar-refractivity contribution is 0.143. The van der Waals surface area contributed by atoms with Crippen molar-refractivity contribution >= 4 is 22.8 Å². The van der Waals surface area contributed by atoms with E-state index in [1.54, 1.807) is 29.2 Å². The molecule has 0 bridgehead atoms. The second-order valence-electron chi connectivity index (χ2n) is 8.11. The van der Waals surface area contributed by atoms with Gasteiger partial charge in [-0.1, -0.05) is 29.4 Å². The normalized spacial score (nSPS) is 14.0. The summed E-state index contributed by atoms with van der Waals surface area (Å²) < 4.78 is 11.2. The van der Waals surface area contributed by atoms with Gasteiger partial charge in [-0.15, -0.1) is 0 Å². The molecule has 3 aromatic carbocycles. The Labute approximate surface area is 196 Å². The summed E-state index contributed by atoms with van der Waals surface area (Å²) in [7, 11) is 0. The van der Waals surface area contributed by atoms with Crippen molar-refractivity contribution in [1.82, 2.24) is 15.0 Å². The number of benzene rings is 3. The van der Waals surface area contributed by atoms with Crippen LogP contribution in [0.25, 0.3) is 11.0 Å². The molecule has 4 aromatic rings. The monoisotopic (exact) mass is 453 g/mol. The number of hydrogen-bond donors (Lipinski definition) is 1. The van der Waals surface area contributed by atoms with Gasteiger partial charge < -0.3 is 14.2 Å². The fraction of sp³-hybridized carbons (Fsp3) is 0.192. The lowest BCUT2D eigenvalue weighted by atomic mass is 10.2. The van der Waals surface area contributed by atoms with E-state index in [0.29, 0.717) is 35.8 Å². The van der Waals surface area contributed by atoms with Crippen molar-refractivity contribution in [1.29, 1.82) is 5.26 Å². The third-order valence-electron chi connectivity index (χ3n) is 5.79. The molecular formula is C26H23N5O3. The largest absolute Gasteiger partial charge is 0.457 e. The summed E-state index contributed by atoms with van der Waals surface area (Å²) in [6, 6.07) is 24.4. The summed E-state index contributed by atoms with van der Waals surface area (Å²) in [4.78, 5) is 16.8. The summed E-state index contributed by atoms with van der Waals surface area (Å²) in [5.74, 6) is 1.89. The maximum absolute atomic E-state index is 12.7. The van der Waals surface area contributed by atoms with Gasteiger partial charge in [-0.25, -0.2) is 4.79 Å². The zero-order valence-electron chi connectivity index (χ0n) is 18.5. The third-order valence-corrected chi connectivity index (χ3v) is 5.79. The van der Waals surface area contributed by atoms with Crippen LogP contribution >= 0.6 is 0 Å². The van der Waals surface area contributed by atoms with Crippen molar-refractivity contribution < 1.29 is 14.1 Å². The number of hydrogen-bond acceptors (Lipinski definition) is 6. The molecule has 170 valence electrons. The number of anilines is 1. The number of ether oxygens (including phenoxy) is 1. The molecule has 1 aliphatic rings. The molecular weight excluding hydrogens is 430 g/mol. The molecule has 1 aliphatic heterocycles. The second-order valence-corrected chi connectivity index (χ2v) is 8.11. The predicted molar refractivity (Wildman–Crippen MR) is 128 cm³/mol. The minimum Gasteiger partial charge on any atom is -0.457 e. The van der Waals surface area contributed by atoms with E-state index in [-0.39, 0.29) is 6.03 Å². The zero-order chi connectivity index (χ0) is 23.3. The molecule has 1 aromatic heterocycles. The number of nitrogens with one attached hydrogen (secondary N) is 1. The highest BCUT2D eigenvalue weighted by atomic mass is 16.5. The Kier molecular flexibility index (Phi) is 6.10. The Bertz CT molecular complexity index is 1330. The van der Waals surface area contributed by atoms with Gasteiger partial charge in [0.1, 0.15) is 11.5 Å². The number of amides is 2. The second kappa shape index (κ2) is 9.65. The number of aromatic nitrogens is 1. The molecule has 5 rings (SSSR count). The minimum absolute atomic E-state index is 0.170. The first-order valence-electron chi connectivity index (χ1n) is 11.1. The van der Waals surface area contributed by atoms with Gasteiger partial charge in [0.25, 0.3) is 0 Å². The minimum atomic E-state index is -0.170. The number of para-hydroxylation sites is 1. The number of rotatable bonds is 5. The number of nitriles is 1. The molecule has 34 heavy (non-hydrogen) atoms. The number of nitrogens with zero attached hydrogens (tertiary/aromatic N) is 4. The molecule has 8 nitrogen and oxygen atoms in total. The first kappa shape index (κ1) is 21.5. The van der Waals surface area contributed by atoms with Crippen molar-refractivity contribution in [3.8, 4) is 17.6 Å². The number of carbonyl (C=O) groups excluding carboxylic acids is 1. The average molecular weight is 454 g/mol. The van der Waals surface area contributed by atoms with E-state index in [4.69, 9.17) is 14.5 Å². The summed E-state index contributed by atoms with van der Waals surface area (Å²) in [5.41, 5.74) is 2.38. The molecule has 0 aliphatic carbocycles. The SMILES string of the molecule is N#Cc1ccc(Oc2cccc(CN3CCN(C(=O)Nc4noc5ccccc45)CC3)c2)cc1. The van der Waals surface area contributed by atoms with Gasteiger partial charge in [-0.3, -0.25) is 10.2 Å². The van der Waals surface area contributed by atoms with Gasteiger partial charge >= 0.3 is 6.03 Å². The number of carbonyl (C=O) groups is 1. The van der Waals surface area contributed by atoms with Crippen molar-refractivity contribution in [2.24, 2.45) is 0 Å². The first-order chi connectivity index (χ1) is 16.7. The summed E-state index contributed by atoms with van der Waals surface area (Å²) in [5, 5.41) is 16.6. The lowest BCUT2D eigenvalue weighted by Gasteiger charge is -2.34. The number of fused-ring (bicyclic) bond motifs is 1. The molecule has 0 radical (unpaired) electrons. The first-order valence-corrected chi connectivity index (χ1v) is 11.1. The van der Waals surface area contributed by atoms with E-state index in [1.165, 1.54) is 0 Å². The van der Waals surface area contributed by atoms with Crippen LogP contribution in [0.5, 0.6) is 11.5 Å². The maximum atomic E-state index is 12.7. The molecule has 0 atom stereocenters. The third kappa shape index (κ3) is 4.85. The highest BCUT2D eigenvalue weighted by Crippen LogP contribution is 2.24. The van der Waals surface area contributed by atoms with Crippen LogP contribution in [0.4, 0.5) is 10.6 Å². The van der Waals surface area contributed by atoms with Gasteiger partial charge in [0.15, 0.2) is 11.4 Å². The van der Waals surface area contributed by atoms with E-state index >= 15 is 0 Å². The van der Waals surface area contributed by atoms with Crippen molar-refractivity contribution in [3.05, 3.63) is 83.9 Å². The Morgan fingerprint density at radius 2 is 1.79 bits per heavy atom. The average Bonchev–Trinajstić information content (AvgIpc) is 3.28. The van der Waals surface area contributed by atoms with E-state index < -0.39 is 0 Å². The molecule has 1 saturated heterocycles. The molecule has 0 spiro atoms. The highest BCUT2D eigenvalue weighted by molar-refractivity contribution is 5.98. The maximum Gasteiger partial charge on any atom is 0.323 e. The molecule has 8 heteroatoms. The summed E-state index contributed by atoms with van der Waals surface area (Å²) in [6.07, 6.45) is 0. The van der Waals surface area contributed by atoms with Gasteiger partial charge in [0.05, 0.1) is 17.0 Å². The van der Waals surface area contributed by atoms with Crippen molar-refractivity contribution in [3.63, 3.8) is 0 Å². The van der Waals surface area contributed by atoms with Crippen LogP contribution in [0, 0.1) is 11.3 Å². The van der Waals surface area contributed by atoms with Crippen molar-refractivity contribution in [2.45, 2.75) is 6.54 Å². The van der Waals surface area contributed by atoms with Crippen LogP contribution < -0.4 is 10.1 Å². The summed E-state index contributed by atoms with van der Waals surface area (Å²) >= 11 is 0. The molecule has 2 heterocycles. The fourth-order valence-electron chi connectivity index (χ4n) is 3.96. The number of urea groups is 1. The Morgan fingerprint density at radius 1 is 1.00 bits per heavy atom. The van der Waals surface area contributed by atoms with Gasteiger partial charge in [-0.2, -0.15) is 5.26 Å². The highest BCUT2D eigenvalue weighted by Gasteiger charge is 2.22. The summed E-state index contributed by atoms with van der Waals surface area (Å²) in [6.45, 7) is 3.57. The van der Waals surface area contributed by atoms with E-state index in [1.807, 2.05) is 42.5 Å². The topological polar surface area (TPSA) is 94.6 Å². The zero-order valence-corrected chi connectivity index (χ0v) is 18.5. The predicted octanol–water partition coefficient (Wildman–Crippen LogP) is 4.84. The van der Waals surface area contributed by atoms with Gasteiger partial charge in [-0.05, 0) is 54.1 Å². The van der Waals surface area contributed by atoms with E-state index in [2.05, 4.69) is 27.5 Å². The molecule has 2 amide bonds. The van der Waals surface area contributed by atoms with Crippen LogP contribution in [0.2, 0.25) is 0 Å². The molecule has 0 saturated carbocycles. The van der Waals surface area contributed by atoms with Gasteiger partial charge in [0.2, 0.25) is 0 Å². The smallest absolute Gasteiger partial charge is 0.323 e. The number of piperazine rings is 1. The Balaban J connectivity index is 1.14. The molecule has 1 N–H and O–H groups in total. The Hall–Kier alpha value is -4.35. The van der Waals surface area contributed by atoms with E-state index in [0.717, 1.165) is 36.3 Å². The van der Waals surface area contributed by atoms with Crippen molar-refractivity contribution in [2.75, 3.05) is 31.5 Å². The van der Waals surface area contributed by atoms with Crippen LogP contribution in [0.15, 0.2) is 77.3 Å². The van der Waals surface area contributed by atoms with Crippen LogP contribution in [0.1, 0.15) is 11.1 Å². The lowest BCUT2D eigenvalue weighted by Crippen LogP contribution is -2.49. The molecule has 0 unspecified atom stereocenters. The Morgan fingerprint density at radius 3 is 2.59 bits per heavy atom.